The van der Waals surface area contributed by atoms with Crippen molar-refractivity contribution in [3.8, 4) is 0 Å². The summed E-state index contributed by atoms with van der Waals surface area (Å²) in [6, 6.07) is 6.98. The molecule has 0 saturated heterocycles. The van der Waals surface area contributed by atoms with Gasteiger partial charge in [-0.1, -0.05) is 46.8 Å². The maximum Gasteiger partial charge on any atom is 0.123 e. The van der Waals surface area contributed by atoms with Crippen LogP contribution in [0.4, 0.5) is 4.39 Å². The van der Waals surface area contributed by atoms with Gasteiger partial charge in [0.2, 0.25) is 0 Å². The summed E-state index contributed by atoms with van der Waals surface area (Å²) >= 11 is 0. The van der Waals surface area contributed by atoms with E-state index in [0.29, 0.717) is 18.4 Å². The highest BCUT2D eigenvalue weighted by Gasteiger charge is 2.26. The third kappa shape index (κ3) is 4.88. The quantitative estimate of drug-likeness (QED) is 0.833. The van der Waals surface area contributed by atoms with Crippen LogP contribution in [-0.4, -0.2) is 13.1 Å². The zero-order chi connectivity index (χ0) is 15.3. The maximum absolute atomic E-state index is 13.1. The summed E-state index contributed by atoms with van der Waals surface area (Å²) in [7, 11) is 0. The van der Waals surface area contributed by atoms with E-state index in [-0.39, 0.29) is 17.3 Å². The molecule has 1 rings (SSSR count). The summed E-state index contributed by atoms with van der Waals surface area (Å²) in [6.45, 7) is 12.5. The van der Waals surface area contributed by atoms with E-state index in [1.54, 1.807) is 0 Å². The average molecular weight is 280 g/mol. The van der Waals surface area contributed by atoms with Crippen molar-refractivity contribution in [2.24, 2.45) is 23.0 Å². The lowest BCUT2D eigenvalue weighted by molar-refractivity contribution is 0.246. The third-order valence-corrected chi connectivity index (χ3v) is 3.90. The van der Waals surface area contributed by atoms with Gasteiger partial charge >= 0.3 is 0 Å². The first-order valence-corrected chi connectivity index (χ1v) is 7.44. The van der Waals surface area contributed by atoms with Crippen molar-refractivity contribution in [3.05, 3.63) is 35.6 Å². The molecule has 1 aromatic rings. The Morgan fingerprint density at radius 3 is 2.10 bits per heavy atom. The topological polar surface area (TPSA) is 38.0 Å². The van der Waals surface area contributed by atoms with Gasteiger partial charge in [0, 0.05) is 6.04 Å². The number of rotatable bonds is 6. The van der Waals surface area contributed by atoms with Crippen LogP contribution < -0.4 is 11.1 Å². The molecular weight excluding hydrogens is 251 g/mol. The Labute approximate surface area is 123 Å². The number of nitrogens with one attached hydrogen (secondary N) is 1. The molecule has 2 atom stereocenters. The van der Waals surface area contributed by atoms with Gasteiger partial charge in [-0.25, -0.2) is 4.39 Å². The van der Waals surface area contributed by atoms with Gasteiger partial charge < -0.3 is 11.1 Å². The van der Waals surface area contributed by atoms with Gasteiger partial charge in [-0.05, 0) is 48.0 Å². The molecule has 0 aliphatic carbocycles. The summed E-state index contributed by atoms with van der Waals surface area (Å²) in [6.07, 6.45) is 0. The Morgan fingerprint density at radius 2 is 1.70 bits per heavy atom. The molecule has 0 aliphatic rings. The Bertz CT molecular complexity index is 392. The van der Waals surface area contributed by atoms with E-state index < -0.39 is 0 Å². The predicted octanol–water partition coefficient (Wildman–Crippen LogP) is 3.73. The lowest BCUT2D eigenvalue weighted by atomic mass is 9.81. The zero-order valence-corrected chi connectivity index (χ0v) is 13.4. The summed E-state index contributed by atoms with van der Waals surface area (Å²) < 4.78 is 13.1. The highest BCUT2D eigenvalue weighted by molar-refractivity contribution is 5.21. The molecule has 0 amide bonds. The molecule has 0 bridgehead atoms. The lowest BCUT2D eigenvalue weighted by Gasteiger charge is -2.34. The number of nitrogens with two attached hydrogens (primary N) is 1. The monoisotopic (exact) mass is 280 g/mol. The molecular formula is C17H29FN2. The highest BCUT2D eigenvalue weighted by Crippen LogP contribution is 2.33. The Kier molecular flexibility index (Phi) is 6.15. The zero-order valence-electron chi connectivity index (χ0n) is 13.4. The molecule has 3 N–H and O–H groups in total. The van der Waals surface area contributed by atoms with Gasteiger partial charge in [-0.2, -0.15) is 0 Å². The summed E-state index contributed by atoms with van der Waals surface area (Å²) in [5.41, 5.74) is 7.02. The number of hydrogen-bond acceptors (Lipinski definition) is 2. The van der Waals surface area contributed by atoms with Crippen molar-refractivity contribution in [1.29, 1.82) is 0 Å². The smallest absolute Gasteiger partial charge is 0.123 e. The summed E-state index contributed by atoms with van der Waals surface area (Å²) in [4.78, 5) is 0. The molecule has 0 aliphatic heterocycles. The molecule has 0 aromatic heterocycles. The van der Waals surface area contributed by atoms with E-state index in [0.717, 1.165) is 12.1 Å². The summed E-state index contributed by atoms with van der Waals surface area (Å²) in [5, 5.41) is 3.63. The molecule has 114 valence electrons. The van der Waals surface area contributed by atoms with E-state index in [1.807, 2.05) is 12.1 Å². The van der Waals surface area contributed by atoms with Gasteiger partial charge in [0.25, 0.3) is 0 Å². The second kappa shape index (κ2) is 7.19. The largest absolute Gasteiger partial charge is 0.330 e. The van der Waals surface area contributed by atoms with E-state index in [1.165, 1.54) is 12.1 Å². The van der Waals surface area contributed by atoms with Crippen molar-refractivity contribution in [2.75, 3.05) is 13.1 Å². The van der Waals surface area contributed by atoms with Gasteiger partial charge in [-0.15, -0.1) is 0 Å². The first-order valence-electron chi connectivity index (χ1n) is 7.44. The standard InChI is InChI=1S/C17H29FN2/c1-12(2)14(10-19)11-20-16(17(3,4)5)13-6-8-15(18)9-7-13/h6-9,12,14,16,20H,10-11,19H2,1-5H3. The van der Waals surface area contributed by atoms with Crippen LogP contribution >= 0.6 is 0 Å². The molecule has 0 saturated carbocycles. The van der Waals surface area contributed by atoms with Crippen LogP contribution in [0.2, 0.25) is 0 Å². The fourth-order valence-corrected chi connectivity index (χ4v) is 2.44. The molecule has 2 nitrogen and oxygen atoms in total. The van der Waals surface area contributed by atoms with Crippen LogP contribution in [-0.2, 0) is 0 Å². The second-order valence-corrected chi connectivity index (χ2v) is 7.00. The second-order valence-electron chi connectivity index (χ2n) is 7.00. The van der Waals surface area contributed by atoms with Gasteiger partial charge in [0.15, 0.2) is 0 Å². The van der Waals surface area contributed by atoms with Gasteiger partial charge in [0.05, 0.1) is 0 Å². The Morgan fingerprint density at radius 1 is 1.15 bits per heavy atom. The predicted molar refractivity (Wildman–Crippen MR) is 84.0 cm³/mol. The van der Waals surface area contributed by atoms with Crippen LogP contribution in [0.1, 0.15) is 46.2 Å². The minimum Gasteiger partial charge on any atom is -0.330 e. The van der Waals surface area contributed by atoms with Crippen molar-refractivity contribution in [1.82, 2.24) is 5.32 Å². The van der Waals surface area contributed by atoms with E-state index >= 15 is 0 Å². The molecule has 0 spiro atoms. The van der Waals surface area contributed by atoms with Crippen molar-refractivity contribution in [3.63, 3.8) is 0 Å². The van der Waals surface area contributed by atoms with Gasteiger partial charge in [0.1, 0.15) is 5.82 Å². The molecule has 2 unspecified atom stereocenters. The van der Waals surface area contributed by atoms with Crippen LogP contribution in [0.3, 0.4) is 0 Å². The number of benzene rings is 1. The molecule has 20 heavy (non-hydrogen) atoms. The van der Waals surface area contributed by atoms with Crippen molar-refractivity contribution in [2.45, 2.75) is 40.7 Å². The normalized spacial score (nSPS) is 15.4. The number of hydrogen-bond donors (Lipinski definition) is 2. The van der Waals surface area contributed by atoms with Crippen LogP contribution in [0.25, 0.3) is 0 Å². The fraction of sp³-hybridized carbons (Fsp3) is 0.647. The first kappa shape index (κ1) is 17.1. The highest BCUT2D eigenvalue weighted by atomic mass is 19.1. The minimum atomic E-state index is -0.191. The summed E-state index contributed by atoms with van der Waals surface area (Å²) in [5.74, 6) is 0.824. The van der Waals surface area contributed by atoms with E-state index in [4.69, 9.17) is 5.73 Å². The average Bonchev–Trinajstić information content (AvgIpc) is 2.34. The van der Waals surface area contributed by atoms with E-state index in [2.05, 4.69) is 39.9 Å². The lowest BCUT2D eigenvalue weighted by Crippen LogP contribution is -2.38. The molecule has 0 fully saturated rings. The van der Waals surface area contributed by atoms with Crippen molar-refractivity contribution >= 4 is 0 Å². The first-order chi connectivity index (χ1) is 9.25. The molecule has 0 radical (unpaired) electrons. The number of halogens is 1. The fourth-order valence-electron chi connectivity index (χ4n) is 2.44. The molecule has 3 heteroatoms. The SMILES string of the molecule is CC(C)C(CN)CNC(c1ccc(F)cc1)C(C)(C)C. The van der Waals surface area contributed by atoms with Gasteiger partial charge in [-0.3, -0.25) is 0 Å². The van der Waals surface area contributed by atoms with Crippen LogP contribution in [0, 0.1) is 23.1 Å². The minimum absolute atomic E-state index is 0.0635. The van der Waals surface area contributed by atoms with E-state index in [9.17, 15) is 4.39 Å². The van der Waals surface area contributed by atoms with Crippen molar-refractivity contribution < 1.29 is 4.39 Å². The Hall–Kier alpha value is -0.930. The molecule has 1 aromatic carbocycles. The third-order valence-electron chi connectivity index (χ3n) is 3.90. The Balaban J connectivity index is 2.83. The van der Waals surface area contributed by atoms with Crippen LogP contribution in [0.15, 0.2) is 24.3 Å². The maximum atomic E-state index is 13.1. The molecule has 0 heterocycles. The van der Waals surface area contributed by atoms with Crippen LogP contribution in [0.5, 0.6) is 0 Å².